The van der Waals surface area contributed by atoms with Crippen LogP contribution < -0.4 is 4.74 Å². The summed E-state index contributed by atoms with van der Waals surface area (Å²) in [7, 11) is 0. The molecule has 0 saturated heterocycles. The minimum Gasteiger partial charge on any atom is -0.488 e. The van der Waals surface area contributed by atoms with Crippen LogP contribution in [0.15, 0.2) is 27.1 Å². The van der Waals surface area contributed by atoms with E-state index in [-0.39, 0.29) is 0 Å². The molecule has 1 aliphatic carbocycles. The van der Waals surface area contributed by atoms with Crippen molar-refractivity contribution in [2.75, 3.05) is 0 Å². The highest BCUT2D eigenvalue weighted by Gasteiger charge is 2.29. The van der Waals surface area contributed by atoms with E-state index in [0.29, 0.717) is 10.9 Å². The van der Waals surface area contributed by atoms with Gasteiger partial charge >= 0.3 is 0 Å². The zero-order chi connectivity index (χ0) is 10.1. The first-order chi connectivity index (χ1) is 6.66. The maximum Gasteiger partial charge on any atom is 0.148 e. The number of ether oxygens (including phenoxy) is 1. The van der Waals surface area contributed by atoms with Crippen molar-refractivity contribution in [2.45, 2.75) is 23.8 Å². The second kappa shape index (κ2) is 4.54. The van der Waals surface area contributed by atoms with Gasteiger partial charge in [-0.15, -0.1) is 0 Å². The zero-order valence-electron chi connectivity index (χ0n) is 7.34. The van der Waals surface area contributed by atoms with Gasteiger partial charge in [0, 0.05) is 4.83 Å². The van der Waals surface area contributed by atoms with Gasteiger partial charge in [0.2, 0.25) is 0 Å². The average molecular weight is 385 g/mol. The molecule has 76 valence electrons. The van der Waals surface area contributed by atoms with Crippen molar-refractivity contribution < 1.29 is 4.74 Å². The lowest BCUT2D eigenvalue weighted by Gasteiger charge is -2.32. The van der Waals surface area contributed by atoms with E-state index < -0.39 is 0 Å². The third-order valence-corrected chi connectivity index (χ3v) is 4.24. The van der Waals surface area contributed by atoms with Gasteiger partial charge in [-0.1, -0.05) is 22.0 Å². The Labute approximate surface area is 109 Å². The summed E-state index contributed by atoms with van der Waals surface area (Å²) in [4.78, 5) is 0.633. The Hall–Kier alpha value is 0.460. The monoisotopic (exact) mass is 382 g/mol. The van der Waals surface area contributed by atoms with Crippen molar-refractivity contribution in [1.29, 1.82) is 0 Å². The molecule has 1 fully saturated rings. The summed E-state index contributed by atoms with van der Waals surface area (Å²) >= 11 is 10.5. The summed E-state index contributed by atoms with van der Waals surface area (Å²) in [5, 5.41) is 0. The Balaban J connectivity index is 2.09. The molecule has 0 heterocycles. The van der Waals surface area contributed by atoms with Gasteiger partial charge in [-0.25, -0.2) is 0 Å². The minimum atomic E-state index is 0.356. The van der Waals surface area contributed by atoms with Gasteiger partial charge in [-0.3, -0.25) is 0 Å². The van der Waals surface area contributed by atoms with E-state index in [1.165, 1.54) is 0 Å². The molecule has 0 N–H and O–H groups in total. The lowest BCUT2D eigenvalue weighted by molar-refractivity contribution is 0.126. The van der Waals surface area contributed by atoms with Gasteiger partial charge in [0.15, 0.2) is 0 Å². The topological polar surface area (TPSA) is 9.23 Å². The van der Waals surface area contributed by atoms with E-state index in [1.807, 2.05) is 18.2 Å². The van der Waals surface area contributed by atoms with Crippen molar-refractivity contribution in [1.82, 2.24) is 0 Å². The van der Waals surface area contributed by atoms with Crippen LogP contribution in [0.5, 0.6) is 5.75 Å². The third-order valence-electron chi connectivity index (χ3n) is 2.24. The van der Waals surface area contributed by atoms with Crippen molar-refractivity contribution in [3.8, 4) is 5.75 Å². The quantitative estimate of drug-likeness (QED) is 0.681. The zero-order valence-corrected chi connectivity index (χ0v) is 12.1. The van der Waals surface area contributed by atoms with Gasteiger partial charge in [0.25, 0.3) is 0 Å². The van der Waals surface area contributed by atoms with Crippen molar-refractivity contribution in [3.05, 3.63) is 27.1 Å². The van der Waals surface area contributed by atoms with Gasteiger partial charge in [0.05, 0.1) is 8.95 Å². The summed E-state index contributed by atoms with van der Waals surface area (Å²) in [6, 6.07) is 5.96. The summed E-state index contributed by atoms with van der Waals surface area (Å²) in [5.41, 5.74) is 0. The van der Waals surface area contributed by atoms with E-state index in [2.05, 4.69) is 47.8 Å². The maximum atomic E-state index is 5.86. The Morgan fingerprint density at radius 2 is 1.71 bits per heavy atom. The highest BCUT2D eigenvalue weighted by atomic mass is 79.9. The van der Waals surface area contributed by atoms with Gasteiger partial charge in [-0.05, 0) is 56.8 Å². The molecule has 1 saturated carbocycles. The van der Waals surface area contributed by atoms with E-state index >= 15 is 0 Å². The average Bonchev–Trinajstić information content (AvgIpc) is 2.08. The number of hydrogen-bond acceptors (Lipinski definition) is 1. The van der Waals surface area contributed by atoms with Crippen LogP contribution >= 0.6 is 47.8 Å². The molecular weight excluding hydrogens is 376 g/mol. The van der Waals surface area contributed by atoms with Crippen LogP contribution in [0.25, 0.3) is 0 Å². The number of alkyl halides is 1. The molecule has 1 aromatic rings. The van der Waals surface area contributed by atoms with Crippen LogP contribution in [0.2, 0.25) is 0 Å². The van der Waals surface area contributed by atoms with Crippen LogP contribution in [0.4, 0.5) is 0 Å². The normalized spacial score (nSPS) is 25.6. The molecule has 2 rings (SSSR count). The largest absolute Gasteiger partial charge is 0.488 e. The van der Waals surface area contributed by atoms with Crippen molar-refractivity contribution in [3.63, 3.8) is 0 Å². The Bertz CT molecular complexity index is 314. The molecule has 0 aliphatic heterocycles. The van der Waals surface area contributed by atoms with Crippen LogP contribution in [0.1, 0.15) is 12.8 Å². The fourth-order valence-corrected chi connectivity index (χ4v) is 3.38. The van der Waals surface area contributed by atoms with Crippen LogP contribution in [-0.4, -0.2) is 10.9 Å². The molecule has 14 heavy (non-hydrogen) atoms. The van der Waals surface area contributed by atoms with Crippen LogP contribution in [0, 0.1) is 0 Å². The van der Waals surface area contributed by atoms with Gasteiger partial charge in [-0.2, -0.15) is 0 Å². The first kappa shape index (κ1) is 11.0. The second-order valence-corrected chi connectivity index (χ2v) is 6.36. The van der Waals surface area contributed by atoms with Crippen molar-refractivity contribution >= 4 is 47.8 Å². The molecule has 1 nitrogen and oxygen atoms in total. The lowest BCUT2D eigenvalue weighted by atomic mass is 9.96. The SMILES string of the molecule is Brc1cccc(Br)c1OC1CC(Br)C1. The number of benzene rings is 1. The fourth-order valence-electron chi connectivity index (χ4n) is 1.36. The smallest absolute Gasteiger partial charge is 0.148 e. The molecule has 0 aromatic heterocycles. The third kappa shape index (κ3) is 2.34. The number of halogens is 3. The molecule has 1 aromatic carbocycles. The van der Waals surface area contributed by atoms with Crippen molar-refractivity contribution in [2.24, 2.45) is 0 Å². The fraction of sp³-hybridized carbons (Fsp3) is 0.400. The standard InChI is InChI=1S/C10H9Br3O/c11-6-4-7(5-6)14-10-8(12)2-1-3-9(10)13/h1-3,6-7H,4-5H2. The molecule has 0 atom stereocenters. The second-order valence-electron chi connectivity index (χ2n) is 3.36. The van der Waals surface area contributed by atoms with Gasteiger partial charge in [0.1, 0.15) is 11.9 Å². The molecule has 0 radical (unpaired) electrons. The number of hydrogen-bond donors (Lipinski definition) is 0. The highest BCUT2D eigenvalue weighted by molar-refractivity contribution is 9.11. The van der Waals surface area contributed by atoms with E-state index in [0.717, 1.165) is 27.5 Å². The van der Waals surface area contributed by atoms with E-state index in [1.54, 1.807) is 0 Å². The Morgan fingerprint density at radius 3 is 2.21 bits per heavy atom. The van der Waals surface area contributed by atoms with Crippen LogP contribution in [0.3, 0.4) is 0 Å². The molecular formula is C10H9Br3O. The van der Waals surface area contributed by atoms with E-state index in [4.69, 9.17) is 4.74 Å². The predicted molar refractivity (Wildman–Crippen MR) is 68.2 cm³/mol. The summed E-state index contributed by atoms with van der Waals surface area (Å²) in [5.74, 6) is 0.914. The first-order valence-electron chi connectivity index (χ1n) is 4.41. The van der Waals surface area contributed by atoms with Gasteiger partial charge < -0.3 is 4.74 Å². The molecule has 0 unspecified atom stereocenters. The van der Waals surface area contributed by atoms with E-state index in [9.17, 15) is 0 Å². The number of para-hydroxylation sites is 1. The number of rotatable bonds is 2. The van der Waals surface area contributed by atoms with Crippen LogP contribution in [-0.2, 0) is 0 Å². The minimum absolute atomic E-state index is 0.356. The Morgan fingerprint density at radius 1 is 1.14 bits per heavy atom. The molecule has 0 bridgehead atoms. The Kier molecular flexibility index (Phi) is 3.55. The molecule has 0 amide bonds. The summed E-state index contributed by atoms with van der Waals surface area (Å²) in [6.07, 6.45) is 2.54. The maximum absolute atomic E-state index is 5.86. The molecule has 4 heteroatoms. The first-order valence-corrected chi connectivity index (χ1v) is 6.91. The summed E-state index contributed by atoms with van der Waals surface area (Å²) < 4.78 is 7.87. The molecule has 1 aliphatic rings. The lowest BCUT2D eigenvalue weighted by Crippen LogP contribution is -2.34. The summed E-state index contributed by atoms with van der Waals surface area (Å²) in [6.45, 7) is 0. The highest BCUT2D eigenvalue weighted by Crippen LogP contribution is 2.38. The predicted octanol–water partition coefficient (Wildman–Crippen LogP) is 4.52. The molecule has 0 spiro atoms.